The lowest BCUT2D eigenvalue weighted by atomic mass is 9.88. The third kappa shape index (κ3) is 3.42. The van der Waals surface area contributed by atoms with Crippen molar-refractivity contribution in [2.24, 2.45) is 5.92 Å². The molecule has 1 fully saturated rings. The van der Waals surface area contributed by atoms with Crippen LogP contribution < -0.4 is 0 Å². The summed E-state index contributed by atoms with van der Waals surface area (Å²) < 4.78 is 5.04. The Kier molecular flexibility index (Phi) is 5.40. The number of aliphatic carboxylic acids is 1. The number of nitrogens with zero attached hydrogens (tertiary/aromatic N) is 1. The van der Waals surface area contributed by atoms with Gasteiger partial charge in [0, 0.05) is 20.3 Å². The summed E-state index contributed by atoms with van der Waals surface area (Å²) in [4.78, 5) is 13.7. The molecule has 100 valence electrons. The fourth-order valence-corrected chi connectivity index (χ4v) is 2.55. The van der Waals surface area contributed by atoms with Crippen molar-refractivity contribution in [3.05, 3.63) is 0 Å². The van der Waals surface area contributed by atoms with E-state index in [4.69, 9.17) is 4.74 Å². The maximum atomic E-state index is 11.5. The molecule has 1 aliphatic heterocycles. The van der Waals surface area contributed by atoms with Gasteiger partial charge in [0.1, 0.15) is 5.54 Å². The summed E-state index contributed by atoms with van der Waals surface area (Å²) >= 11 is 0. The normalized spacial score (nSPS) is 25.5. The van der Waals surface area contributed by atoms with E-state index in [2.05, 4.69) is 11.8 Å². The average molecular weight is 243 g/mol. The summed E-state index contributed by atoms with van der Waals surface area (Å²) in [6, 6.07) is 0. The minimum atomic E-state index is -0.774. The van der Waals surface area contributed by atoms with E-state index in [0.717, 1.165) is 25.9 Å². The maximum Gasteiger partial charge on any atom is 0.323 e. The van der Waals surface area contributed by atoms with Crippen molar-refractivity contribution in [3.8, 4) is 0 Å². The van der Waals surface area contributed by atoms with Crippen LogP contribution in [0.5, 0.6) is 0 Å². The van der Waals surface area contributed by atoms with Crippen LogP contribution in [0.25, 0.3) is 0 Å². The molecule has 0 amide bonds. The molecule has 0 aromatic carbocycles. The highest BCUT2D eigenvalue weighted by Gasteiger charge is 2.40. The van der Waals surface area contributed by atoms with Crippen LogP contribution in [0, 0.1) is 5.92 Å². The number of piperidine rings is 1. The Morgan fingerprint density at radius 3 is 2.82 bits per heavy atom. The van der Waals surface area contributed by atoms with Crippen molar-refractivity contribution in [2.75, 3.05) is 26.8 Å². The zero-order valence-electron chi connectivity index (χ0n) is 11.2. The largest absolute Gasteiger partial charge is 0.480 e. The van der Waals surface area contributed by atoms with Crippen molar-refractivity contribution in [3.63, 3.8) is 0 Å². The third-order valence-electron chi connectivity index (χ3n) is 4.05. The van der Waals surface area contributed by atoms with E-state index in [1.54, 1.807) is 7.11 Å². The van der Waals surface area contributed by atoms with Crippen molar-refractivity contribution in [1.29, 1.82) is 0 Å². The highest BCUT2D eigenvalue weighted by molar-refractivity contribution is 5.78. The molecular weight excluding hydrogens is 218 g/mol. The van der Waals surface area contributed by atoms with Crippen LogP contribution in [-0.2, 0) is 9.53 Å². The highest BCUT2D eigenvalue weighted by Crippen LogP contribution is 2.28. The number of carboxylic acid groups (broad SMARTS) is 1. The first-order valence-electron chi connectivity index (χ1n) is 6.52. The van der Waals surface area contributed by atoms with Crippen LogP contribution in [0.15, 0.2) is 0 Å². The molecule has 17 heavy (non-hydrogen) atoms. The molecule has 0 saturated carbocycles. The number of likely N-dealkylation sites (tertiary alicyclic amines) is 1. The summed E-state index contributed by atoms with van der Waals surface area (Å²) in [5.74, 6) is -0.0868. The Bertz CT molecular complexity index is 257. The maximum absolute atomic E-state index is 11.5. The van der Waals surface area contributed by atoms with Gasteiger partial charge in [0.2, 0.25) is 0 Å². The van der Waals surface area contributed by atoms with Crippen LogP contribution >= 0.6 is 0 Å². The summed E-state index contributed by atoms with van der Waals surface area (Å²) in [5.41, 5.74) is -0.774. The number of hydrogen-bond donors (Lipinski definition) is 1. The van der Waals surface area contributed by atoms with E-state index in [1.165, 1.54) is 6.42 Å². The summed E-state index contributed by atoms with van der Waals surface area (Å²) in [6.45, 7) is 6.30. The van der Waals surface area contributed by atoms with Gasteiger partial charge in [0.05, 0.1) is 0 Å². The fourth-order valence-electron chi connectivity index (χ4n) is 2.55. The summed E-state index contributed by atoms with van der Waals surface area (Å²) in [6.07, 6.45) is 4.02. The minimum absolute atomic E-state index is 0.496. The number of methoxy groups -OCH3 is 1. The summed E-state index contributed by atoms with van der Waals surface area (Å²) in [7, 11) is 1.62. The number of ether oxygens (including phenoxy) is 1. The number of rotatable bonds is 6. The standard InChI is InChI=1S/C13H25NO3/c1-4-11-6-5-8-14(10-11)13(2,12(15)16)7-9-17-3/h11H,4-10H2,1-3H3,(H,15,16). The number of hydrogen-bond acceptors (Lipinski definition) is 3. The molecular formula is C13H25NO3. The average Bonchev–Trinajstić information content (AvgIpc) is 2.35. The molecule has 1 rings (SSSR count). The van der Waals surface area contributed by atoms with Crippen LogP contribution in [0.2, 0.25) is 0 Å². The predicted molar refractivity (Wildman–Crippen MR) is 67.1 cm³/mol. The lowest BCUT2D eigenvalue weighted by molar-refractivity contribution is -0.153. The first-order chi connectivity index (χ1) is 8.04. The van der Waals surface area contributed by atoms with E-state index in [9.17, 15) is 9.90 Å². The first-order valence-corrected chi connectivity index (χ1v) is 6.52. The quantitative estimate of drug-likeness (QED) is 0.775. The molecule has 0 radical (unpaired) electrons. The molecule has 0 spiro atoms. The van der Waals surface area contributed by atoms with Gasteiger partial charge in [-0.05, 0) is 38.6 Å². The van der Waals surface area contributed by atoms with Gasteiger partial charge >= 0.3 is 5.97 Å². The van der Waals surface area contributed by atoms with Crippen LogP contribution in [-0.4, -0.2) is 48.3 Å². The SMILES string of the molecule is CCC1CCCN(C(C)(CCOC)C(=O)O)C1. The van der Waals surface area contributed by atoms with E-state index < -0.39 is 11.5 Å². The molecule has 0 bridgehead atoms. The summed E-state index contributed by atoms with van der Waals surface area (Å²) in [5, 5.41) is 9.47. The number of carboxylic acids is 1. The zero-order valence-corrected chi connectivity index (χ0v) is 11.2. The highest BCUT2D eigenvalue weighted by atomic mass is 16.5. The molecule has 4 nitrogen and oxygen atoms in total. The van der Waals surface area contributed by atoms with Crippen LogP contribution in [0.3, 0.4) is 0 Å². The molecule has 0 aromatic heterocycles. The molecule has 1 saturated heterocycles. The first kappa shape index (κ1) is 14.5. The lowest BCUT2D eigenvalue weighted by Gasteiger charge is -2.42. The smallest absolute Gasteiger partial charge is 0.323 e. The van der Waals surface area contributed by atoms with Gasteiger partial charge in [0.25, 0.3) is 0 Å². The molecule has 1 N–H and O–H groups in total. The molecule has 2 unspecified atom stereocenters. The molecule has 4 heteroatoms. The Morgan fingerprint density at radius 2 is 2.29 bits per heavy atom. The van der Waals surface area contributed by atoms with E-state index in [1.807, 2.05) is 6.92 Å². The van der Waals surface area contributed by atoms with E-state index >= 15 is 0 Å². The zero-order chi connectivity index (χ0) is 12.9. The van der Waals surface area contributed by atoms with Crippen molar-refractivity contribution in [1.82, 2.24) is 4.90 Å². The molecule has 0 aliphatic carbocycles. The predicted octanol–water partition coefficient (Wildman–Crippen LogP) is 1.99. The second-order valence-corrected chi connectivity index (χ2v) is 5.18. The Balaban J connectivity index is 2.71. The van der Waals surface area contributed by atoms with Crippen molar-refractivity contribution in [2.45, 2.75) is 45.1 Å². The van der Waals surface area contributed by atoms with E-state index in [0.29, 0.717) is 18.9 Å². The second-order valence-electron chi connectivity index (χ2n) is 5.18. The molecule has 1 aliphatic rings. The Hall–Kier alpha value is -0.610. The molecule has 0 aromatic rings. The Morgan fingerprint density at radius 1 is 1.59 bits per heavy atom. The lowest BCUT2D eigenvalue weighted by Crippen LogP contribution is -2.56. The topological polar surface area (TPSA) is 49.8 Å². The van der Waals surface area contributed by atoms with Crippen molar-refractivity contribution >= 4 is 5.97 Å². The third-order valence-corrected chi connectivity index (χ3v) is 4.05. The van der Waals surface area contributed by atoms with E-state index in [-0.39, 0.29) is 0 Å². The van der Waals surface area contributed by atoms with Gasteiger partial charge in [-0.1, -0.05) is 13.3 Å². The van der Waals surface area contributed by atoms with Crippen LogP contribution in [0.1, 0.15) is 39.5 Å². The van der Waals surface area contributed by atoms with Gasteiger partial charge in [-0.3, -0.25) is 9.69 Å². The van der Waals surface area contributed by atoms with Gasteiger partial charge < -0.3 is 9.84 Å². The molecule has 2 atom stereocenters. The second kappa shape index (κ2) is 6.36. The fraction of sp³-hybridized carbons (Fsp3) is 0.923. The monoisotopic (exact) mass is 243 g/mol. The molecule has 1 heterocycles. The van der Waals surface area contributed by atoms with Gasteiger partial charge in [0.15, 0.2) is 0 Å². The van der Waals surface area contributed by atoms with Gasteiger partial charge in [-0.25, -0.2) is 0 Å². The van der Waals surface area contributed by atoms with Gasteiger partial charge in [-0.15, -0.1) is 0 Å². The van der Waals surface area contributed by atoms with Crippen molar-refractivity contribution < 1.29 is 14.6 Å². The number of carbonyl (C=O) groups is 1. The van der Waals surface area contributed by atoms with Gasteiger partial charge in [-0.2, -0.15) is 0 Å². The van der Waals surface area contributed by atoms with Crippen LogP contribution in [0.4, 0.5) is 0 Å². The minimum Gasteiger partial charge on any atom is -0.480 e. The Labute approximate surface area is 104 Å².